The highest BCUT2D eigenvalue weighted by atomic mass is 35.5. The third-order valence-electron chi connectivity index (χ3n) is 4.90. The van der Waals surface area contributed by atoms with E-state index in [4.69, 9.17) is 16.3 Å². The van der Waals surface area contributed by atoms with Crippen LogP contribution < -0.4 is 4.74 Å². The number of halogens is 3. The number of aliphatic imine (C=N–C) groups is 1. The molecule has 0 fully saturated rings. The zero-order valence-corrected chi connectivity index (χ0v) is 16.8. The summed E-state index contributed by atoms with van der Waals surface area (Å²) >= 11 is 6.65. The lowest BCUT2D eigenvalue weighted by molar-refractivity contribution is 0.415. The number of nitrogens with zero attached hydrogens (tertiary/aromatic N) is 6. The number of benzene rings is 2. The van der Waals surface area contributed by atoms with Crippen LogP contribution in [0, 0.1) is 11.6 Å². The molecule has 7 nitrogen and oxygen atoms in total. The maximum absolute atomic E-state index is 14.7. The van der Waals surface area contributed by atoms with E-state index in [1.807, 2.05) is 0 Å². The van der Waals surface area contributed by atoms with Crippen molar-refractivity contribution in [3.8, 4) is 23.0 Å². The van der Waals surface area contributed by atoms with Crippen LogP contribution in [0.15, 0.2) is 53.9 Å². The molecule has 0 radical (unpaired) electrons. The number of ether oxygens (including phenoxy) is 1. The first-order valence-corrected chi connectivity index (χ1v) is 9.54. The molecule has 1 aliphatic rings. The molecule has 0 amide bonds. The fourth-order valence-electron chi connectivity index (χ4n) is 3.53. The topological polar surface area (TPSA) is 78.1 Å². The molecular formula is C21H13ClF2N6O. The normalized spacial score (nSPS) is 12.6. The molecule has 1 aliphatic heterocycles. The average molecular weight is 439 g/mol. The van der Waals surface area contributed by atoms with Crippen LogP contribution >= 0.6 is 11.6 Å². The maximum Gasteiger partial charge on any atom is 0.187 e. The van der Waals surface area contributed by atoms with E-state index >= 15 is 0 Å². The van der Waals surface area contributed by atoms with Crippen LogP contribution in [0.4, 0.5) is 8.78 Å². The summed E-state index contributed by atoms with van der Waals surface area (Å²) < 4.78 is 36.5. The molecule has 0 aliphatic carbocycles. The SMILES string of the molecule is COc1ccc2c(c1Cl)C(c1c(F)cccc1F)=NCc1nnc(-c3ccncn3)n1-2. The summed E-state index contributed by atoms with van der Waals surface area (Å²) in [5.41, 5.74) is 1.11. The van der Waals surface area contributed by atoms with Crippen LogP contribution in [-0.4, -0.2) is 37.6 Å². The molecule has 31 heavy (non-hydrogen) atoms. The minimum Gasteiger partial charge on any atom is -0.495 e. The molecule has 154 valence electrons. The first-order chi connectivity index (χ1) is 15.1. The van der Waals surface area contributed by atoms with Gasteiger partial charge in [-0.3, -0.25) is 9.56 Å². The Balaban J connectivity index is 1.84. The van der Waals surface area contributed by atoms with Crippen molar-refractivity contribution in [2.75, 3.05) is 7.11 Å². The molecule has 4 aromatic rings. The largest absolute Gasteiger partial charge is 0.495 e. The molecule has 2 aromatic carbocycles. The van der Waals surface area contributed by atoms with Crippen molar-refractivity contribution in [1.29, 1.82) is 0 Å². The van der Waals surface area contributed by atoms with E-state index in [1.54, 1.807) is 29.0 Å². The fraction of sp³-hybridized carbons (Fsp3) is 0.0952. The second-order valence-corrected chi connectivity index (χ2v) is 6.99. The van der Waals surface area contributed by atoms with Crippen molar-refractivity contribution in [2.24, 2.45) is 4.99 Å². The average Bonchev–Trinajstić information content (AvgIpc) is 3.13. The molecule has 0 saturated carbocycles. The Labute approximate surface area is 180 Å². The van der Waals surface area contributed by atoms with Crippen molar-refractivity contribution in [2.45, 2.75) is 6.54 Å². The van der Waals surface area contributed by atoms with Gasteiger partial charge in [0.25, 0.3) is 0 Å². The number of fused-ring (bicyclic) bond motifs is 3. The highest BCUT2D eigenvalue weighted by Crippen LogP contribution is 2.38. The summed E-state index contributed by atoms with van der Waals surface area (Å²) in [5, 5.41) is 8.63. The minimum atomic E-state index is -0.753. The smallest absolute Gasteiger partial charge is 0.187 e. The highest BCUT2D eigenvalue weighted by Gasteiger charge is 2.30. The van der Waals surface area contributed by atoms with Crippen LogP contribution in [0.2, 0.25) is 5.02 Å². The van der Waals surface area contributed by atoms with E-state index in [9.17, 15) is 8.78 Å². The molecule has 0 unspecified atom stereocenters. The lowest BCUT2D eigenvalue weighted by atomic mass is 9.98. The number of hydrogen-bond donors (Lipinski definition) is 0. The number of aromatic nitrogens is 5. The second kappa shape index (κ2) is 7.51. The highest BCUT2D eigenvalue weighted by molar-refractivity contribution is 6.37. The Hall–Kier alpha value is -3.72. The van der Waals surface area contributed by atoms with E-state index < -0.39 is 11.6 Å². The number of methoxy groups -OCH3 is 1. The van der Waals surface area contributed by atoms with Gasteiger partial charge in [-0.2, -0.15) is 0 Å². The van der Waals surface area contributed by atoms with Crippen LogP contribution in [0.1, 0.15) is 17.0 Å². The fourth-order valence-corrected chi connectivity index (χ4v) is 3.86. The summed E-state index contributed by atoms with van der Waals surface area (Å²) in [4.78, 5) is 12.7. The van der Waals surface area contributed by atoms with Gasteiger partial charge < -0.3 is 4.74 Å². The molecular weight excluding hydrogens is 426 g/mol. The van der Waals surface area contributed by atoms with Gasteiger partial charge in [0.05, 0.1) is 29.1 Å². The Kier molecular flexibility index (Phi) is 4.67. The van der Waals surface area contributed by atoms with E-state index in [0.29, 0.717) is 34.3 Å². The van der Waals surface area contributed by atoms with Crippen molar-refractivity contribution in [3.05, 3.63) is 82.5 Å². The quantitative estimate of drug-likeness (QED) is 0.483. The van der Waals surface area contributed by atoms with Gasteiger partial charge in [-0.05, 0) is 30.3 Å². The standard InChI is InChI=1S/C21H13ClF2N6O/c1-31-15-6-5-14-18(19(15)22)20(17-11(23)3-2-4-12(17)24)26-9-16-28-29-21(30(14)16)13-7-8-25-10-27-13/h2-8,10H,9H2,1H3. The van der Waals surface area contributed by atoms with Gasteiger partial charge in [-0.25, -0.2) is 18.7 Å². The summed E-state index contributed by atoms with van der Waals surface area (Å²) in [6.45, 7) is 0.0223. The van der Waals surface area contributed by atoms with Crippen molar-refractivity contribution < 1.29 is 13.5 Å². The molecule has 3 heterocycles. The maximum atomic E-state index is 14.7. The van der Waals surface area contributed by atoms with E-state index in [0.717, 1.165) is 0 Å². The molecule has 0 atom stereocenters. The molecule has 0 N–H and O–H groups in total. The number of hydrogen-bond acceptors (Lipinski definition) is 6. The minimum absolute atomic E-state index is 0.0223. The van der Waals surface area contributed by atoms with Crippen LogP contribution in [0.3, 0.4) is 0 Å². The van der Waals surface area contributed by atoms with Crippen LogP contribution in [0.25, 0.3) is 17.2 Å². The predicted octanol–water partition coefficient (Wildman–Crippen LogP) is 4.02. The zero-order valence-electron chi connectivity index (χ0n) is 16.1. The van der Waals surface area contributed by atoms with E-state index in [1.165, 1.54) is 31.6 Å². The van der Waals surface area contributed by atoms with Gasteiger partial charge in [-0.1, -0.05) is 17.7 Å². The summed E-state index contributed by atoms with van der Waals surface area (Å²) in [6, 6.07) is 8.71. The molecule has 2 aromatic heterocycles. The number of rotatable bonds is 3. The monoisotopic (exact) mass is 438 g/mol. The summed E-state index contributed by atoms with van der Waals surface area (Å²) in [6.07, 6.45) is 2.98. The lowest BCUT2D eigenvalue weighted by Crippen LogP contribution is -2.13. The van der Waals surface area contributed by atoms with Crippen LogP contribution in [-0.2, 0) is 6.54 Å². The van der Waals surface area contributed by atoms with Crippen LogP contribution in [0.5, 0.6) is 5.75 Å². The Bertz CT molecular complexity index is 1320. The molecule has 10 heteroatoms. The van der Waals surface area contributed by atoms with Gasteiger partial charge in [0, 0.05) is 11.8 Å². The lowest BCUT2D eigenvalue weighted by Gasteiger charge is -2.17. The van der Waals surface area contributed by atoms with Gasteiger partial charge >= 0.3 is 0 Å². The van der Waals surface area contributed by atoms with Crippen molar-refractivity contribution >= 4 is 17.3 Å². The third-order valence-corrected chi connectivity index (χ3v) is 5.28. The molecule has 0 saturated heterocycles. The van der Waals surface area contributed by atoms with Gasteiger partial charge in [0.1, 0.15) is 35.9 Å². The Morgan fingerprint density at radius 3 is 2.55 bits per heavy atom. The molecule has 0 bridgehead atoms. The van der Waals surface area contributed by atoms with Crippen molar-refractivity contribution in [1.82, 2.24) is 24.7 Å². The second-order valence-electron chi connectivity index (χ2n) is 6.61. The molecule has 5 rings (SSSR count). The van der Waals surface area contributed by atoms with E-state index in [2.05, 4.69) is 25.2 Å². The molecule has 0 spiro atoms. The van der Waals surface area contributed by atoms with Gasteiger partial charge in [-0.15, -0.1) is 10.2 Å². The summed E-state index contributed by atoms with van der Waals surface area (Å²) in [5.74, 6) is -0.285. The van der Waals surface area contributed by atoms with Gasteiger partial charge in [0.2, 0.25) is 0 Å². The Morgan fingerprint density at radius 1 is 1.03 bits per heavy atom. The third kappa shape index (κ3) is 3.05. The zero-order chi connectivity index (χ0) is 21.5. The first kappa shape index (κ1) is 19.3. The van der Waals surface area contributed by atoms with E-state index in [-0.39, 0.29) is 22.8 Å². The van der Waals surface area contributed by atoms with Crippen molar-refractivity contribution in [3.63, 3.8) is 0 Å². The predicted molar refractivity (Wildman–Crippen MR) is 110 cm³/mol. The van der Waals surface area contributed by atoms with Gasteiger partial charge in [0.15, 0.2) is 11.6 Å². The Morgan fingerprint density at radius 2 is 1.84 bits per heavy atom. The first-order valence-electron chi connectivity index (χ1n) is 9.17. The summed E-state index contributed by atoms with van der Waals surface area (Å²) in [7, 11) is 1.46.